The highest BCUT2D eigenvalue weighted by molar-refractivity contribution is 5.93. The maximum atomic E-state index is 12.9. The molecule has 0 aliphatic carbocycles. The number of amides is 2. The van der Waals surface area contributed by atoms with Crippen molar-refractivity contribution in [2.24, 2.45) is 5.92 Å². The summed E-state index contributed by atoms with van der Waals surface area (Å²) in [6.07, 6.45) is 1.63. The minimum atomic E-state index is -0.194. The van der Waals surface area contributed by atoms with Crippen molar-refractivity contribution < 1.29 is 9.59 Å². The third-order valence-corrected chi connectivity index (χ3v) is 5.64. The molecule has 2 N–H and O–H groups in total. The van der Waals surface area contributed by atoms with Gasteiger partial charge in [0.05, 0.1) is 18.2 Å². The SMILES string of the molecule is Cc1cccc(NC(=O)C2CCCN(CC(=O)Nc3cc(C)nn3-c3nc(C)cc(C)n3)C2)n1. The Balaban J connectivity index is 1.38. The maximum absolute atomic E-state index is 12.9. The zero-order chi connectivity index (χ0) is 24.2. The molecule has 1 atom stereocenters. The highest BCUT2D eigenvalue weighted by Crippen LogP contribution is 2.19. The van der Waals surface area contributed by atoms with Crippen LogP contribution in [-0.2, 0) is 9.59 Å². The fourth-order valence-electron chi connectivity index (χ4n) is 4.18. The van der Waals surface area contributed by atoms with Crippen LogP contribution in [0.4, 0.5) is 11.6 Å². The van der Waals surface area contributed by atoms with Gasteiger partial charge in [0.25, 0.3) is 5.95 Å². The molecule has 178 valence electrons. The Kier molecular flexibility index (Phi) is 6.97. The molecule has 34 heavy (non-hydrogen) atoms. The maximum Gasteiger partial charge on any atom is 0.252 e. The van der Waals surface area contributed by atoms with E-state index in [0.717, 1.165) is 42.2 Å². The molecular weight excluding hydrogens is 432 g/mol. The van der Waals surface area contributed by atoms with Crippen molar-refractivity contribution in [3.8, 4) is 5.95 Å². The second-order valence-corrected chi connectivity index (χ2v) is 8.81. The first kappa shape index (κ1) is 23.5. The van der Waals surface area contributed by atoms with Crippen LogP contribution in [0.5, 0.6) is 0 Å². The van der Waals surface area contributed by atoms with Gasteiger partial charge in [0, 0.05) is 29.7 Å². The summed E-state index contributed by atoms with van der Waals surface area (Å²) in [5.41, 5.74) is 3.25. The number of aromatic nitrogens is 5. The molecule has 0 aromatic carbocycles. The van der Waals surface area contributed by atoms with Crippen LogP contribution in [0.3, 0.4) is 0 Å². The number of nitrogens with one attached hydrogen (secondary N) is 2. The van der Waals surface area contributed by atoms with Gasteiger partial charge in [0.2, 0.25) is 11.8 Å². The number of nitrogens with zero attached hydrogens (tertiary/aromatic N) is 6. The lowest BCUT2D eigenvalue weighted by Gasteiger charge is -2.31. The van der Waals surface area contributed by atoms with Crippen molar-refractivity contribution in [2.45, 2.75) is 40.5 Å². The van der Waals surface area contributed by atoms with Crippen molar-refractivity contribution in [1.82, 2.24) is 29.6 Å². The molecule has 1 fully saturated rings. The van der Waals surface area contributed by atoms with Crippen LogP contribution in [0.25, 0.3) is 5.95 Å². The predicted octanol–water partition coefficient (Wildman–Crippen LogP) is 2.58. The van der Waals surface area contributed by atoms with E-state index in [1.165, 1.54) is 0 Å². The molecule has 4 heterocycles. The fraction of sp³-hybridized carbons (Fsp3) is 0.417. The van der Waals surface area contributed by atoms with E-state index in [-0.39, 0.29) is 24.3 Å². The molecule has 0 radical (unpaired) electrons. The van der Waals surface area contributed by atoms with Gasteiger partial charge in [0.1, 0.15) is 11.6 Å². The lowest BCUT2D eigenvalue weighted by molar-refractivity contribution is -0.123. The zero-order valence-electron chi connectivity index (χ0n) is 20.0. The lowest BCUT2D eigenvalue weighted by atomic mass is 9.97. The standard InChI is InChI=1S/C24H30N8O2/c1-15-7-5-9-20(25-15)28-23(34)19-8-6-10-31(13-19)14-22(33)29-21-12-18(4)30-32(21)24-26-16(2)11-17(3)27-24/h5,7,9,11-12,19H,6,8,10,13-14H2,1-4H3,(H,29,33)(H,25,28,34). The number of hydrogen-bond donors (Lipinski definition) is 2. The van der Waals surface area contributed by atoms with Crippen LogP contribution < -0.4 is 10.6 Å². The molecule has 1 unspecified atom stereocenters. The largest absolute Gasteiger partial charge is 0.310 e. The number of piperidine rings is 1. The summed E-state index contributed by atoms with van der Waals surface area (Å²) in [5.74, 6) is 1.05. The highest BCUT2D eigenvalue weighted by atomic mass is 16.2. The van der Waals surface area contributed by atoms with Crippen LogP contribution in [0.1, 0.15) is 35.6 Å². The van der Waals surface area contributed by atoms with Gasteiger partial charge in [-0.2, -0.15) is 9.78 Å². The Morgan fingerprint density at radius 2 is 1.74 bits per heavy atom. The number of carbonyl (C=O) groups is 2. The van der Waals surface area contributed by atoms with E-state index in [2.05, 4.69) is 30.7 Å². The molecule has 10 heteroatoms. The first-order chi connectivity index (χ1) is 16.3. The molecule has 2 amide bonds. The van der Waals surface area contributed by atoms with E-state index in [9.17, 15) is 9.59 Å². The molecule has 1 aliphatic rings. The van der Waals surface area contributed by atoms with Gasteiger partial charge in [0.15, 0.2) is 0 Å². The Bertz CT molecular complexity index is 1190. The molecule has 3 aromatic rings. The van der Waals surface area contributed by atoms with E-state index in [1.807, 2.05) is 50.8 Å². The number of pyridine rings is 1. The molecule has 1 saturated heterocycles. The quantitative estimate of drug-likeness (QED) is 0.578. The average molecular weight is 463 g/mol. The highest BCUT2D eigenvalue weighted by Gasteiger charge is 2.27. The zero-order valence-corrected chi connectivity index (χ0v) is 20.0. The average Bonchev–Trinajstić information content (AvgIpc) is 3.13. The van der Waals surface area contributed by atoms with Gasteiger partial charge in [-0.25, -0.2) is 15.0 Å². The number of likely N-dealkylation sites (tertiary alicyclic amines) is 1. The molecule has 1 aliphatic heterocycles. The van der Waals surface area contributed by atoms with E-state index in [0.29, 0.717) is 24.1 Å². The van der Waals surface area contributed by atoms with Crippen LogP contribution >= 0.6 is 0 Å². The third kappa shape index (κ3) is 5.82. The normalized spacial score (nSPS) is 16.3. The number of carbonyl (C=O) groups excluding carboxylic acids is 2. The monoisotopic (exact) mass is 462 g/mol. The van der Waals surface area contributed by atoms with E-state index >= 15 is 0 Å². The Morgan fingerprint density at radius 3 is 2.47 bits per heavy atom. The van der Waals surface area contributed by atoms with Crippen molar-refractivity contribution >= 4 is 23.5 Å². The van der Waals surface area contributed by atoms with Crippen molar-refractivity contribution in [3.63, 3.8) is 0 Å². The van der Waals surface area contributed by atoms with E-state index in [1.54, 1.807) is 16.8 Å². The first-order valence-electron chi connectivity index (χ1n) is 11.4. The summed E-state index contributed by atoms with van der Waals surface area (Å²) >= 11 is 0. The molecule has 4 rings (SSSR count). The summed E-state index contributed by atoms with van der Waals surface area (Å²) in [4.78, 5) is 40.9. The van der Waals surface area contributed by atoms with Crippen molar-refractivity contribution in [3.05, 3.63) is 53.1 Å². The van der Waals surface area contributed by atoms with Crippen LogP contribution in [0.15, 0.2) is 30.3 Å². The second-order valence-electron chi connectivity index (χ2n) is 8.81. The van der Waals surface area contributed by atoms with E-state index < -0.39 is 0 Å². The number of aryl methyl sites for hydroxylation is 4. The fourth-order valence-corrected chi connectivity index (χ4v) is 4.18. The van der Waals surface area contributed by atoms with Crippen molar-refractivity contribution in [2.75, 3.05) is 30.3 Å². The van der Waals surface area contributed by atoms with Gasteiger partial charge in [-0.3, -0.25) is 14.5 Å². The Labute approximate surface area is 198 Å². The third-order valence-electron chi connectivity index (χ3n) is 5.64. The molecule has 0 spiro atoms. The summed E-state index contributed by atoms with van der Waals surface area (Å²) < 4.78 is 1.55. The molecule has 10 nitrogen and oxygen atoms in total. The van der Waals surface area contributed by atoms with Crippen LogP contribution in [0, 0.1) is 33.6 Å². The minimum Gasteiger partial charge on any atom is -0.310 e. The van der Waals surface area contributed by atoms with Gasteiger partial charge < -0.3 is 10.6 Å². The van der Waals surface area contributed by atoms with Gasteiger partial charge in [-0.05, 0) is 65.3 Å². The van der Waals surface area contributed by atoms with Gasteiger partial charge >= 0.3 is 0 Å². The Hall–Kier alpha value is -3.66. The number of rotatable bonds is 6. The summed E-state index contributed by atoms with van der Waals surface area (Å²) in [6, 6.07) is 9.21. The molecule has 3 aromatic heterocycles. The summed E-state index contributed by atoms with van der Waals surface area (Å²) in [7, 11) is 0. The first-order valence-corrected chi connectivity index (χ1v) is 11.4. The predicted molar refractivity (Wildman–Crippen MR) is 129 cm³/mol. The topological polar surface area (TPSA) is 118 Å². The van der Waals surface area contributed by atoms with Crippen molar-refractivity contribution in [1.29, 1.82) is 0 Å². The number of anilines is 2. The molecular formula is C24H30N8O2. The molecule has 0 bridgehead atoms. The van der Waals surface area contributed by atoms with Crippen LogP contribution in [-0.4, -0.2) is 61.1 Å². The molecule has 0 saturated carbocycles. The van der Waals surface area contributed by atoms with E-state index in [4.69, 9.17) is 0 Å². The van der Waals surface area contributed by atoms with Gasteiger partial charge in [-0.1, -0.05) is 6.07 Å². The summed E-state index contributed by atoms with van der Waals surface area (Å²) in [5, 5.41) is 10.3. The summed E-state index contributed by atoms with van der Waals surface area (Å²) in [6.45, 7) is 8.99. The second kappa shape index (κ2) is 10.1. The van der Waals surface area contributed by atoms with Crippen LogP contribution in [0.2, 0.25) is 0 Å². The lowest BCUT2D eigenvalue weighted by Crippen LogP contribution is -2.44. The Morgan fingerprint density at radius 1 is 0.971 bits per heavy atom. The minimum absolute atomic E-state index is 0.0659. The number of hydrogen-bond acceptors (Lipinski definition) is 7. The van der Waals surface area contributed by atoms with Gasteiger partial charge in [-0.15, -0.1) is 0 Å². The smallest absolute Gasteiger partial charge is 0.252 e.